The molecule has 150 valence electrons. The standard InChI is InChI=1S/C24H30N2O.ClH/c1-19-6-4-9-22(16-19)24(27)26-14-11-20(12-15-26)17-25-13-5-10-21-7-2-3-8-23(21)18-25;/h2-4,6-9,16,20H,5,10-15,17-18H2,1H3;1H. The first-order valence-corrected chi connectivity index (χ1v) is 10.3. The minimum absolute atomic E-state index is 0. The molecular formula is C24H31ClN2O. The average molecular weight is 399 g/mol. The topological polar surface area (TPSA) is 23.6 Å². The molecule has 1 fully saturated rings. The number of aryl methyl sites for hydroxylation is 2. The maximum atomic E-state index is 12.7. The predicted molar refractivity (Wildman–Crippen MR) is 117 cm³/mol. The summed E-state index contributed by atoms with van der Waals surface area (Å²) < 4.78 is 0. The number of hydrogen-bond acceptors (Lipinski definition) is 2. The summed E-state index contributed by atoms with van der Waals surface area (Å²) in [6.07, 6.45) is 4.70. The third-order valence-corrected chi connectivity index (χ3v) is 6.12. The highest BCUT2D eigenvalue weighted by molar-refractivity contribution is 5.94. The summed E-state index contributed by atoms with van der Waals surface area (Å²) in [6, 6.07) is 16.9. The second-order valence-electron chi connectivity index (χ2n) is 8.21. The van der Waals surface area contributed by atoms with Crippen LogP contribution in [0.3, 0.4) is 0 Å². The first kappa shape index (κ1) is 20.9. The molecule has 2 aliphatic rings. The lowest BCUT2D eigenvalue weighted by Gasteiger charge is -2.35. The minimum Gasteiger partial charge on any atom is -0.339 e. The largest absolute Gasteiger partial charge is 0.339 e. The molecule has 0 saturated carbocycles. The van der Waals surface area contributed by atoms with Crippen molar-refractivity contribution in [1.29, 1.82) is 0 Å². The van der Waals surface area contributed by atoms with Crippen LogP contribution in [0.5, 0.6) is 0 Å². The molecule has 4 rings (SSSR count). The van der Waals surface area contributed by atoms with E-state index in [-0.39, 0.29) is 18.3 Å². The number of halogens is 1. The Hall–Kier alpha value is -1.84. The minimum atomic E-state index is 0. The first-order chi connectivity index (χ1) is 13.2. The molecule has 0 atom stereocenters. The van der Waals surface area contributed by atoms with Crippen LogP contribution in [0, 0.1) is 12.8 Å². The van der Waals surface area contributed by atoms with E-state index in [1.807, 2.05) is 36.1 Å². The van der Waals surface area contributed by atoms with Crippen molar-refractivity contribution >= 4 is 18.3 Å². The summed E-state index contributed by atoms with van der Waals surface area (Å²) >= 11 is 0. The fourth-order valence-electron chi connectivity index (χ4n) is 4.57. The molecule has 0 aromatic heterocycles. The second kappa shape index (κ2) is 9.58. The van der Waals surface area contributed by atoms with Gasteiger partial charge in [-0.05, 0) is 68.3 Å². The van der Waals surface area contributed by atoms with E-state index in [1.54, 1.807) is 0 Å². The van der Waals surface area contributed by atoms with Gasteiger partial charge in [0.15, 0.2) is 0 Å². The van der Waals surface area contributed by atoms with Gasteiger partial charge in [0.2, 0.25) is 0 Å². The van der Waals surface area contributed by atoms with Crippen LogP contribution >= 0.6 is 12.4 Å². The molecule has 0 radical (unpaired) electrons. The van der Waals surface area contributed by atoms with Gasteiger partial charge in [-0.3, -0.25) is 9.69 Å². The average Bonchev–Trinajstić information content (AvgIpc) is 2.90. The number of hydrogen-bond donors (Lipinski definition) is 0. The Morgan fingerprint density at radius 2 is 1.75 bits per heavy atom. The zero-order valence-corrected chi connectivity index (χ0v) is 17.6. The molecule has 0 bridgehead atoms. The van der Waals surface area contributed by atoms with Gasteiger partial charge in [-0.25, -0.2) is 0 Å². The number of nitrogens with zero attached hydrogens (tertiary/aromatic N) is 2. The van der Waals surface area contributed by atoms with Gasteiger partial charge in [0.1, 0.15) is 0 Å². The third-order valence-electron chi connectivity index (χ3n) is 6.12. The summed E-state index contributed by atoms with van der Waals surface area (Å²) in [5.74, 6) is 0.901. The van der Waals surface area contributed by atoms with E-state index >= 15 is 0 Å². The lowest BCUT2D eigenvalue weighted by Crippen LogP contribution is -2.41. The second-order valence-corrected chi connectivity index (χ2v) is 8.21. The number of fused-ring (bicyclic) bond motifs is 1. The van der Waals surface area contributed by atoms with Gasteiger partial charge in [-0.1, -0.05) is 42.0 Å². The molecule has 3 nitrogen and oxygen atoms in total. The molecule has 2 aliphatic heterocycles. The summed E-state index contributed by atoms with van der Waals surface area (Å²) in [7, 11) is 0. The zero-order valence-electron chi connectivity index (χ0n) is 16.8. The number of piperidine rings is 1. The Labute approximate surface area is 175 Å². The van der Waals surface area contributed by atoms with E-state index in [0.717, 1.165) is 43.6 Å². The Bertz CT molecular complexity index is 799. The molecule has 2 aromatic rings. The van der Waals surface area contributed by atoms with Crippen molar-refractivity contribution in [3.8, 4) is 0 Å². The monoisotopic (exact) mass is 398 g/mol. The SMILES string of the molecule is Cc1cccc(C(=O)N2CCC(CN3CCCc4ccccc4C3)CC2)c1.Cl. The highest BCUT2D eigenvalue weighted by Crippen LogP contribution is 2.24. The van der Waals surface area contributed by atoms with E-state index in [1.165, 1.54) is 37.1 Å². The van der Waals surface area contributed by atoms with E-state index in [9.17, 15) is 4.79 Å². The highest BCUT2D eigenvalue weighted by Gasteiger charge is 2.25. The van der Waals surface area contributed by atoms with Crippen LogP contribution < -0.4 is 0 Å². The van der Waals surface area contributed by atoms with Crippen LogP contribution in [0.4, 0.5) is 0 Å². The number of carbonyl (C=O) groups is 1. The number of likely N-dealkylation sites (tertiary alicyclic amines) is 1. The van der Waals surface area contributed by atoms with Crippen LogP contribution in [0.1, 0.15) is 46.3 Å². The number of benzene rings is 2. The van der Waals surface area contributed by atoms with E-state index in [2.05, 4.69) is 29.2 Å². The highest BCUT2D eigenvalue weighted by atomic mass is 35.5. The number of rotatable bonds is 3. The van der Waals surface area contributed by atoms with Gasteiger partial charge in [-0.2, -0.15) is 0 Å². The Morgan fingerprint density at radius 3 is 2.50 bits per heavy atom. The fraction of sp³-hybridized carbons (Fsp3) is 0.458. The molecule has 28 heavy (non-hydrogen) atoms. The van der Waals surface area contributed by atoms with Gasteiger partial charge in [0, 0.05) is 31.7 Å². The van der Waals surface area contributed by atoms with Gasteiger partial charge in [0.25, 0.3) is 5.91 Å². The molecule has 2 heterocycles. The summed E-state index contributed by atoms with van der Waals surface area (Å²) in [6.45, 7) is 7.27. The summed E-state index contributed by atoms with van der Waals surface area (Å²) in [5.41, 5.74) is 5.01. The summed E-state index contributed by atoms with van der Waals surface area (Å²) in [4.78, 5) is 17.4. The molecule has 0 aliphatic carbocycles. The molecule has 2 aromatic carbocycles. The van der Waals surface area contributed by atoms with Crippen molar-refractivity contribution in [3.05, 3.63) is 70.8 Å². The molecule has 0 unspecified atom stereocenters. The molecule has 1 saturated heterocycles. The smallest absolute Gasteiger partial charge is 0.253 e. The van der Waals surface area contributed by atoms with E-state index < -0.39 is 0 Å². The Kier molecular flexibility index (Phi) is 7.14. The van der Waals surface area contributed by atoms with Gasteiger partial charge < -0.3 is 4.90 Å². The number of carbonyl (C=O) groups excluding carboxylic acids is 1. The normalized spacial score (nSPS) is 18.1. The molecule has 4 heteroatoms. The van der Waals surface area contributed by atoms with Crippen molar-refractivity contribution in [2.75, 3.05) is 26.2 Å². The van der Waals surface area contributed by atoms with Crippen molar-refractivity contribution in [2.45, 2.75) is 39.2 Å². The molecule has 0 spiro atoms. The van der Waals surface area contributed by atoms with Crippen molar-refractivity contribution in [1.82, 2.24) is 9.80 Å². The predicted octanol–water partition coefficient (Wildman–Crippen LogP) is 4.72. The lowest BCUT2D eigenvalue weighted by molar-refractivity contribution is 0.0665. The van der Waals surface area contributed by atoms with Crippen molar-refractivity contribution < 1.29 is 4.79 Å². The van der Waals surface area contributed by atoms with E-state index in [4.69, 9.17) is 0 Å². The summed E-state index contributed by atoms with van der Waals surface area (Å²) in [5, 5.41) is 0. The maximum absolute atomic E-state index is 12.7. The fourth-order valence-corrected chi connectivity index (χ4v) is 4.57. The Balaban J connectivity index is 0.00000225. The molecular weight excluding hydrogens is 368 g/mol. The Morgan fingerprint density at radius 1 is 1.00 bits per heavy atom. The van der Waals surface area contributed by atoms with Gasteiger partial charge in [-0.15, -0.1) is 12.4 Å². The van der Waals surface area contributed by atoms with Crippen LogP contribution in [-0.2, 0) is 13.0 Å². The zero-order chi connectivity index (χ0) is 18.6. The third kappa shape index (κ3) is 4.95. The van der Waals surface area contributed by atoms with Gasteiger partial charge >= 0.3 is 0 Å². The van der Waals surface area contributed by atoms with Crippen molar-refractivity contribution in [3.63, 3.8) is 0 Å². The quantitative estimate of drug-likeness (QED) is 0.746. The number of amides is 1. The molecule has 1 amide bonds. The van der Waals surface area contributed by atoms with Crippen molar-refractivity contribution in [2.24, 2.45) is 5.92 Å². The first-order valence-electron chi connectivity index (χ1n) is 10.3. The lowest BCUT2D eigenvalue weighted by atomic mass is 9.95. The van der Waals surface area contributed by atoms with Gasteiger partial charge in [0.05, 0.1) is 0 Å². The van der Waals surface area contributed by atoms with Crippen LogP contribution in [0.25, 0.3) is 0 Å². The van der Waals surface area contributed by atoms with E-state index in [0.29, 0.717) is 5.92 Å². The maximum Gasteiger partial charge on any atom is 0.253 e. The van der Waals surface area contributed by atoms with Crippen LogP contribution in [0.15, 0.2) is 48.5 Å². The van der Waals surface area contributed by atoms with Crippen LogP contribution in [-0.4, -0.2) is 41.9 Å². The van der Waals surface area contributed by atoms with Crippen LogP contribution in [0.2, 0.25) is 0 Å². The molecule has 0 N–H and O–H groups in total.